The second-order valence-electron chi connectivity index (χ2n) is 5.93. The van der Waals surface area contributed by atoms with Crippen molar-refractivity contribution in [3.63, 3.8) is 0 Å². The number of halogens is 1. The molecule has 0 saturated heterocycles. The minimum atomic E-state index is -0.523. The predicted molar refractivity (Wildman–Crippen MR) is 101 cm³/mol. The average molecular weight is 398 g/mol. The van der Waals surface area contributed by atoms with Gasteiger partial charge in [-0.2, -0.15) is 0 Å². The van der Waals surface area contributed by atoms with Crippen LogP contribution in [0.15, 0.2) is 74.7 Å². The molecule has 0 bridgehead atoms. The monoisotopic (exact) mass is 397 g/mol. The molecule has 0 aliphatic heterocycles. The third-order valence-electron chi connectivity index (χ3n) is 4.12. The molecule has 0 aliphatic carbocycles. The quantitative estimate of drug-likeness (QED) is 0.365. The van der Waals surface area contributed by atoms with Crippen LogP contribution in [0.3, 0.4) is 0 Å². The molecule has 2 aromatic heterocycles. The van der Waals surface area contributed by atoms with E-state index in [1.54, 1.807) is 36.4 Å². The molecule has 4 rings (SSSR count). The molecule has 0 atom stereocenters. The van der Waals surface area contributed by atoms with Crippen molar-refractivity contribution in [2.45, 2.75) is 6.54 Å². The number of non-ortho nitro benzene ring substituents is 1. The summed E-state index contributed by atoms with van der Waals surface area (Å²) in [5, 5.41) is 11.3. The van der Waals surface area contributed by atoms with E-state index in [0.29, 0.717) is 27.9 Å². The molecule has 8 nitrogen and oxygen atoms in total. The number of nitro groups is 1. The largest absolute Gasteiger partial charge is 0.444 e. The first-order valence-electron chi connectivity index (χ1n) is 8.15. The Bertz CT molecular complexity index is 1190. The third kappa shape index (κ3) is 3.45. The van der Waals surface area contributed by atoms with E-state index in [2.05, 4.69) is 4.98 Å². The lowest BCUT2D eigenvalue weighted by atomic mass is 10.2. The third-order valence-corrected chi connectivity index (χ3v) is 4.37. The van der Waals surface area contributed by atoms with Crippen LogP contribution in [0.25, 0.3) is 22.7 Å². The number of oxazole rings is 2. The van der Waals surface area contributed by atoms with E-state index in [1.165, 1.54) is 29.2 Å². The van der Waals surface area contributed by atoms with E-state index >= 15 is 0 Å². The minimum absolute atomic E-state index is 0.0203. The van der Waals surface area contributed by atoms with E-state index in [-0.39, 0.29) is 12.2 Å². The minimum Gasteiger partial charge on any atom is -0.444 e. The summed E-state index contributed by atoms with van der Waals surface area (Å²) in [6, 6.07) is 12.9. The lowest BCUT2D eigenvalue weighted by Gasteiger charge is -2.04. The molecule has 0 aliphatic rings. The first-order valence-corrected chi connectivity index (χ1v) is 8.52. The Morgan fingerprint density at radius 3 is 2.36 bits per heavy atom. The Hall–Kier alpha value is -3.65. The van der Waals surface area contributed by atoms with Gasteiger partial charge in [-0.05, 0) is 24.3 Å². The molecule has 140 valence electrons. The van der Waals surface area contributed by atoms with Crippen LogP contribution >= 0.6 is 11.6 Å². The Kier molecular flexibility index (Phi) is 4.54. The summed E-state index contributed by atoms with van der Waals surface area (Å²) in [5.74, 6) is -0.223. The van der Waals surface area contributed by atoms with Gasteiger partial charge in [-0.3, -0.25) is 14.7 Å². The second kappa shape index (κ2) is 7.16. The molecule has 2 aromatic carbocycles. The van der Waals surface area contributed by atoms with Crippen LogP contribution in [0.4, 0.5) is 5.69 Å². The Morgan fingerprint density at radius 2 is 1.68 bits per heavy atom. The molecule has 0 amide bonds. The van der Waals surface area contributed by atoms with Gasteiger partial charge in [-0.15, -0.1) is 0 Å². The topological polar surface area (TPSA) is 104 Å². The number of hydrogen-bond acceptors (Lipinski definition) is 6. The molecule has 0 N–H and O–H groups in total. The van der Waals surface area contributed by atoms with Crippen LogP contribution < -0.4 is 5.76 Å². The fourth-order valence-corrected chi connectivity index (χ4v) is 2.85. The molecule has 0 spiro atoms. The Balaban J connectivity index is 1.61. The number of nitro benzene ring substituents is 1. The first kappa shape index (κ1) is 17.7. The summed E-state index contributed by atoms with van der Waals surface area (Å²) >= 11 is 5.91. The lowest BCUT2D eigenvalue weighted by Crippen LogP contribution is -2.16. The van der Waals surface area contributed by atoms with E-state index in [0.717, 1.165) is 5.56 Å². The summed E-state index contributed by atoms with van der Waals surface area (Å²) < 4.78 is 11.9. The first-order chi connectivity index (χ1) is 13.5. The maximum Gasteiger partial charge on any atom is 0.419 e. The predicted octanol–water partition coefficient (Wildman–Crippen LogP) is 4.37. The van der Waals surface area contributed by atoms with Crippen LogP contribution in [0, 0.1) is 10.1 Å². The highest BCUT2D eigenvalue weighted by atomic mass is 35.5. The van der Waals surface area contributed by atoms with Crippen LogP contribution in [0.1, 0.15) is 5.69 Å². The van der Waals surface area contributed by atoms with Gasteiger partial charge >= 0.3 is 5.76 Å². The summed E-state index contributed by atoms with van der Waals surface area (Å²) in [6.45, 7) is 0.143. The van der Waals surface area contributed by atoms with Gasteiger partial charge in [-0.1, -0.05) is 23.7 Å². The summed E-state index contributed by atoms with van der Waals surface area (Å²) in [7, 11) is 0. The second-order valence-corrected chi connectivity index (χ2v) is 6.36. The van der Waals surface area contributed by atoms with E-state index in [9.17, 15) is 14.9 Å². The molecular weight excluding hydrogens is 386 g/mol. The van der Waals surface area contributed by atoms with Crippen LogP contribution in [0.2, 0.25) is 5.02 Å². The molecule has 0 unspecified atom stereocenters. The standard InChI is InChI=1S/C19H12ClN3O5/c20-14-5-1-12(2-6-14)17-11-28-19(24)22(17)9-15-10-27-18(21-15)13-3-7-16(8-4-13)23(25)26/h1-8,10-11H,9H2. The van der Waals surface area contributed by atoms with Crippen LogP contribution in [-0.2, 0) is 6.54 Å². The summed E-state index contributed by atoms with van der Waals surface area (Å²) in [4.78, 5) is 26.7. The van der Waals surface area contributed by atoms with Crippen molar-refractivity contribution in [1.29, 1.82) is 0 Å². The van der Waals surface area contributed by atoms with Gasteiger partial charge in [-0.25, -0.2) is 9.78 Å². The van der Waals surface area contributed by atoms with Gasteiger partial charge in [0.15, 0.2) is 0 Å². The molecule has 4 aromatic rings. The van der Waals surface area contributed by atoms with Crippen LogP contribution in [0.5, 0.6) is 0 Å². The highest BCUT2D eigenvalue weighted by Gasteiger charge is 2.15. The van der Waals surface area contributed by atoms with Crippen molar-refractivity contribution in [1.82, 2.24) is 9.55 Å². The summed E-state index contributed by atoms with van der Waals surface area (Å²) in [6.07, 6.45) is 2.81. The van der Waals surface area contributed by atoms with Gasteiger partial charge in [0.1, 0.15) is 12.5 Å². The number of hydrogen-bond donors (Lipinski definition) is 0. The fourth-order valence-electron chi connectivity index (χ4n) is 2.73. The lowest BCUT2D eigenvalue weighted by molar-refractivity contribution is -0.384. The fraction of sp³-hybridized carbons (Fsp3) is 0.0526. The number of nitrogens with zero attached hydrogens (tertiary/aromatic N) is 3. The number of aromatic nitrogens is 2. The maximum atomic E-state index is 12.1. The molecule has 2 heterocycles. The van der Waals surface area contributed by atoms with Gasteiger partial charge < -0.3 is 8.83 Å². The van der Waals surface area contributed by atoms with Crippen molar-refractivity contribution in [2.75, 3.05) is 0 Å². The zero-order valence-electron chi connectivity index (χ0n) is 14.2. The maximum absolute atomic E-state index is 12.1. The Morgan fingerprint density at radius 1 is 1.00 bits per heavy atom. The molecule has 9 heteroatoms. The van der Waals surface area contributed by atoms with Gasteiger partial charge in [0, 0.05) is 28.3 Å². The van der Waals surface area contributed by atoms with Crippen molar-refractivity contribution >= 4 is 17.3 Å². The van der Waals surface area contributed by atoms with E-state index in [4.69, 9.17) is 20.4 Å². The average Bonchev–Trinajstić information content (AvgIpc) is 3.30. The molecule has 28 heavy (non-hydrogen) atoms. The number of benzene rings is 2. The Labute approximate surface area is 162 Å². The van der Waals surface area contributed by atoms with Gasteiger partial charge in [0.2, 0.25) is 5.89 Å². The van der Waals surface area contributed by atoms with Gasteiger partial charge in [0.05, 0.1) is 22.9 Å². The highest BCUT2D eigenvalue weighted by Crippen LogP contribution is 2.24. The zero-order valence-corrected chi connectivity index (χ0v) is 15.0. The molecule has 0 radical (unpaired) electrons. The number of rotatable bonds is 5. The van der Waals surface area contributed by atoms with Crippen molar-refractivity contribution < 1.29 is 13.8 Å². The summed E-state index contributed by atoms with van der Waals surface area (Å²) in [5.41, 5.74) is 2.44. The SMILES string of the molecule is O=c1occ(-c2ccc(Cl)cc2)n1Cc1coc(-c2ccc([N+](=O)[O-])cc2)n1. The van der Waals surface area contributed by atoms with Gasteiger partial charge in [0.25, 0.3) is 5.69 Å². The molecule has 0 fully saturated rings. The zero-order chi connectivity index (χ0) is 19.7. The highest BCUT2D eigenvalue weighted by molar-refractivity contribution is 6.30. The van der Waals surface area contributed by atoms with Crippen molar-refractivity contribution in [3.8, 4) is 22.7 Å². The van der Waals surface area contributed by atoms with Crippen LogP contribution in [-0.4, -0.2) is 14.5 Å². The van der Waals surface area contributed by atoms with E-state index in [1.807, 2.05) is 0 Å². The van der Waals surface area contributed by atoms with Crippen molar-refractivity contribution in [2.24, 2.45) is 0 Å². The van der Waals surface area contributed by atoms with E-state index < -0.39 is 10.7 Å². The molecular formula is C19H12ClN3O5. The molecule has 0 saturated carbocycles. The smallest absolute Gasteiger partial charge is 0.419 e. The van der Waals surface area contributed by atoms with Crippen molar-refractivity contribution in [3.05, 3.63) is 92.4 Å². The normalized spacial score (nSPS) is 10.9.